The molecule has 0 radical (unpaired) electrons. The number of hydrogen-bond acceptors (Lipinski definition) is 6. The molecule has 162 valence electrons. The Bertz CT molecular complexity index is 1170. The van der Waals surface area contributed by atoms with Crippen LogP contribution >= 0.6 is 0 Å². The Labute approximate surface area is 177 Å². The fraction of sp³-hybridized carbons (Fsp3) is 0.333. The number of aromatic nitrogens is 3. The molecule has 0 spiro atoms. The third-order valence-electron chi connectivity index (χ3n) is 5.22. The van der Waals surface area contributed by atoms with Crippen molar-refractivity contribution in [3.05, 3.63) is 53.5 Å². The van der Waals surface area contributed by atoms with E-state index in [1.807, 2.05) is 0 Å². The van der Waals surface area contributed by atoms with Crippen LogP contribution in [0.15, 0.2) is 36.8 Å². The molecule has 31 heavy (non-hydrogen) atoms. The molecule has 2 aromatic heterocycles. The van der Waals surface area contributed by atoms with Crippen LogP contribution in [0.1, 0.15) is 40.1 Å². The van der Waals surface area contributed by atoms with Gasteiger partial charge in [0.05, 0.1) is 31.1 Å². The van der Waals surface area contributed by atoms with Crippen LogP contribution in [0.25, 0.3) is 5.65 Å². The summed E-state index contributed by atoms with van der Waals surface area (Å²) >= 11 is 0. The lowest BCUT2D eigenvalue weighted by Crippen LogP contribution is -2.42. The van der Waals surface area contributed by atoms with E-state index in [1.54, 1.807) is 24.5 Å². The van der Waals surface area contributed by atoms with E-state index < -0.39 is 17.7 Å². The van der Waals surface area contributed by atoms with E-state index in [4.69, 9.17) is 4.74 Å². The molecule has 10 heteroatoms. The quantitative estimate of drug-likeness (QED) is 0.623. The molecule has 9 nitrogen and oxygen atoms in total. The van der Waals surface area contributed by atoms with E-state index in [0.29, 0.717) is 28.2 Å². The average Bonchev–Trinajstić information content (AvgIpc) is 3.28. The molecule has 3 heterocycles. The topological polar surface area (TPSA) is 109 Å². The maximum Gasteiger partial charge on any atom is 0.261 e. The van der Waals surface area contributed by atoms with Crippen molar-refractivity contribution in [3.8, 4) is 5.75 Å². The highest BCUT2D eigenvalue weighted by atomic mass is 19.1. The van der Waals surface area contributed by atoms with Crippen LogP contribution in [0.4, 0.5) is 10.1 Å². The zero-order valence-electron chi connectivity index (χ0n) is 17.3. The third kappa shape index (κ3) is 3.81. The third-order valence-corrected chi connectivity index (χ3v) is 5.22. The normalized spacial score (nSPS) is 14.6. The Hall–Kier alpha value is -3.53. The number of alkyl halides is 1. The summed E-state index contributed by atoms with van der Waals surface area (Å²) in [6, 6.07) is 4.87. The number of methoxy groups -OCH3 is 1. The van der Waals surface area contributed by atoms with Gasteiger partial charge in [-0.25, -0.2) is 13.9 Å². The monoisotopic (exact) mass is 427 g/mol. The molecule has 2 amide bonds. The highest BCUT2D eigenvalue weighted by molar-refractivity contribution is 6.09. The second kappa shape index (κ2) is 7.62. The molecule has 1 atom stereocenters. The van der Waals surface area contributed by atoms with E-state index in [0.717, 1.165) is 0 Å². The summed E-state index contributed by atoms with van der Waals surface area (Å²) in [6.45, 7) is 2.64. The summed E-state index contributed by atoms with van der Waals surface area (Å²) in [5.41, 5.74) is 0.496. The number of carbonyl (C=O) groups is 2. The highest BCUT2D eigenvalue weighted by Crippen LogP contribution is 2.34. The van der Waals surface area contributed by atoms with Crippen LogP contribution in [0.3, 0.4) is 0 Å². The molecular formula is C21H22FN5O4. The number of hydrogen-bond donors (Lipinski definition) is 2. The molecule has 1 aliphatic rings. The van der Waals surface area contributed by atoms with Gasteiger partial charge in [0.25, 0.3) is 11.8 Å². The first-order valence-corrected chi connectivity index (χ1v) is 9.65. The second-order valence-electron chi connectivity index (χ2n) is 7.92. The Kier molecular flexibility index (Phi) is 5.10. The smallest absolute Gasteiger partial charge is 0.261 e. The van der Waals surface area contributed by atoms with Gasteiger partial charge < -0.3 is 20.1 Å². The molecule has 0 aliphatic carbocycles. The van der Waals surface area contributed by atoms with Crippen LogP contribution in [0, 0.1) is 0 Å². The van der Waals surface area contributed by atoms with Crippen LogP contribution in [-0.2, 0) is 6.54 Å². The predicted octanol–water partition coefficient (Wildman–Crippen LogP) is 2.06. The standard InChI is InChI=1S/C21H22FN5O4/c1-21(2,30)17(22)11-26-10-12-7-15(16(31-3)8-13(12)20(26)29)25-19(28)14-9-24-27-6-4-5-23-18(14)27/h4-9,17,30H,10-11H2,1-3H3,(H,25,28). The summed E-state index contributed by atoms with van der Waals surface area (Å²) < 4.78 is 21.1. The maximum atomic E-state index is 14.3. The number of nitrogens with zero attached hydrogens (tertiary/aromatic N) is 4. The Balaban J connectivity index is 1.59. The van der Waals surface area contributed by atoms with Gasteiger partial charge in [0.1, 0.15) is 17.5 Å². The molecule has 0 fully saturated rings. The van der Waals surface area contributed by atoms with Crippen molar-refractivity contribution in [2.24, 2.45) is 0 Å². The first kappa shape index (κ1) is 20.7. The molecule has 0 bridgehead atoms. The molecule has 4 rings (SSSR count). The number of ether oxygens (including phenoxy) is 1. The van der Waals surface area contributed by atoms with E-state index in [1.165, 1.54) is 42.6 Å². The molecular weight excluding hydrogens is 405 g/mol. The van der Waals surface area contributed by atoms with Crippen molar-refractivity contribution in [1.82, 2.24) is 19.5 Å². The number of benzene rings is 1. The van der Waals surface area contributed by atoms with Crippen molar-refractivity contribution in [1.29, 1.82) is 0 Å². The first-order valence-electron chi connectivity index (χ1n) is 9.65. The highest BCUT2D eigenvalue weighted by Gasteiger charge is 2.35. The van der Waals surface area contributed by atoms with Gasteiger partial charge in [-0.05, 0) is 37.6 Å². The summed E-state index contributed by atoms with van der Waals surface area (Å²) in [5.74, 6) is -0.491. The minimum Gasteiger partial charge on any atom is -0.495 e. The van der Waals surface area contributed by atoms with Crippen molar-refractivity contribution in [2.45, 2.75) is 32.2 Å². The van der Waals surface area contributed by atoms with Gasteiger partial charge in [-0.15, -0.1) is 0 Å². The van der Waals surface area contributed by atoms with Crippen molar-refractivity contribution >= 4 is 23.1 Å². The Morgan fingerprint density at radius 3 is 2.90 bits per heavy atom. The molecule has 0 saturated heterocycles. The van der Waals surface area contributed by atoms with Crippen LogP contribution in [-0.4, -0.2) is 61.8 Å². The first-order chi connectivity index (χ1) is 14.7. The van der Waals surface area contributed by atoms with Gasteiger partial charge in [0.2, 0.25) is 0 Å². The largest absolute Gasteiger partial charge is 0.495 e. The van der Waals surface area contributed by atoms with E-state index in [-0.39, 0.29) is 24.6 Å². The van der Waals surface area contributed by atoms with Gasteiger partial charge in [-0.2, -0.15) is 5.10 Å². The molecule has 3 aromatic rings. The maximum absolute atomic E-state index is 14.3. The number of aliphatic hydroxyl groups is 1. The minimum atomic E-state index is -1.60. The van der Waals surface area contributed by atoms with Gasteiger partial charge in [0.15, 0.2) is 5.65 Å². The van der Waals surface area contributed by atoms with Gasteiger partial charge in [0, 0.05) is 24.5 Å². The number of amides is 2. The van der Waals surface area contributed by atoms with Gasteiger partial charge in [-0.1, -0.05) is 0 Å². The van der Waals surface area contributed by atoms with E-state index in [2.05, 4.69) is 15.4 Å². The van der Waals surface area contributed by atoms with Gasteiger partial charge in [-0.3, -0.25) is 9.59 Å². The van der Waals surface area contributed by atoms with Crippen molar-refractivity contribution in [3.63, 3.8) is 0 Å². The number of fused-ring (bicyclic) bond motifs is 2. The average molecular weight is 427 g/mol. The Morgan fingerprint density at radius 1 is 1.42 bits per heavy atom. The molecule has 1 aliphatic heterocycles. The molecule has 2 N–H and O–H groups in total. The van der Waals surface area contributed by atoms with Gasteiger partial charge >= 0.3 is 0 Å². The number of rotatable bonds is 6. The minimum absolute atomic E-state index is 0.163. The lowest BCUT2D eigenvalue weighted by molar-refractivity contribution is -0.0159. The predicted molar refractivity (Wildman–Crippen MR) is 110 cm³/mol. The SMILES string of the molecule is COc1cc2c(cc1NC(=O)c1cnn3cccnc13)CN(CC(F)C(C)(C)O)C2=O. The molecule has 1 unspecified atom stereocenters. The van der Waals surface area contributed by atoms with Crippen molar-refractivity contribution in [2.75, 3.05) is 19.0 Å². The molecule has 0 saturated carbocycles. The lowest BCUT2D eigenvalue weighted by Gasteiger charge is -2.26. The summed E-state index contributed by atoms with van der Waals surface area (Å²) in [5, 5.41) is 16.7. The van der Waals surface area contributed by atoms with Crippen molar-refractivity contribution < 1.29 is 23.8 Å². The number of anilines is 1. The summed E-state index contributed by atoms with van der Waals surface area (Å²) in [4.78, 5) is 31.0. The zero-order chi connectivity index (χ0) is 22.3. The molecule has 1 aromatic carbocycles. The second-order valence-corrected chi connectivity index (χ2v) is 7.92. The number of carbonyl (C=O) groups excluding carboxylic acids is 2. The van der Waals surface area contributed by atoms with E-state index in [9.17, 15) is 19.1 Å². The summed E-state index contributed by atoms with van der Waals surface area (Å²) in [7, 11) is 1.43. The van der Waals surface area contributed by atoms with Crippen LogP contribution < -0.4 is 10.1 Å². The fourth-order valence-electron chi connectivity index (χ4n) is 3.41. The van der Waals surface area contributed by atoms with Crippen LogP contribution in [0.2, 0.25) is 0 Å². The van der Waals surface area contributed by atoms with Crippen LogP contribution in [0.5, 0.6) is 5.75 Å². The fourth-order valence-corrected chi connectivity index (χ4v) is 3.41. The summed E-state index contributed by atoms with van der Waals surface area (Å²) in [6.07, 6.45) is 3.06. The van der Waals surface area contributed by atoms with E-state index >= 15 is 0 Å². The lowest BCUT2D eigenvalue weighted by atomic mass is 10.0. The number of nitrogens with one attached hydrogen (secondary N) is 1. The number of halogens is 1. The Morgan fingerprint density at radius 2 is 2.19 bits per heavy atom. The zero-order valence-corrected chi connectivity index (χ0v) is 17.3.